The predicted molar refractivity (Wildman–Crippen MR) is 132 cm³/mol. The van der Waals surface area contributed by atoms with Crippen molar-refractivity contribution < 1.29 is 13.9 Å². The quantitative estimate of drug-likeness (QED) is 0.258. The summed E-state index contributed by atoms with van der Waals surface area (Å²) in [6.07, 6.45) is 0.977. The van der Waals surface area contributed by atoms with E-state index in [9.17, 15) is 9.18 Å². The minimum atomic E-state index is -0.511. The third-order valence-corrected chi connectivity index (χ3v) is 6.79. The molecule has 0 aliphatic rings. The number of halogens is 1. The number of nitrogens with zero attached hydrogens (tertiary/aromatic N) is 4. The number of rotatable bonds is 9. The third kappa shape index (κ3) is 5.54. The van der Waals surface area contributed by atoms with Crippen molar-refractivity contribution in [1.29, 1.82) is 0 Å². The predicted octanol–water partition coefficient (Wildman–Crippen LogP) is 4.52. The number of nitrogens with one attached hydrogen (secondary N) is 1. The zero-order valence-electron chi connectivity index (χ0n) is 18.6. The lowest BCUT2D eigenvalue weighted by atomic mass is 10.1. The normalized spacial score (nSPS) is 11.9. The Bertz CT molecular complexity index is 1270. The van der Waals surface area contributed by atoms with Gasteiger partial charge in [0.25, 0.3) is 0 Å². The molecule has 0 spiro atoms. The second-order valence-electron chi connectivity index (χ2n) is 7.33. The van der Waals surface area contributed by atoms with Crippen LogP contribution in [0.2, 0.25) is 0 Å². The van der Waals surface area contributed by atoms with E-state index in [1.165, 1.54) is 33.7 Å². The highest BCUT2D eigenvalue weighted by atomic mass is 32.2. The van der Waals surface area contributed by atoms with Crippen LogP contribution in [0.15, 0.2) is 59.1 Å². The minimum absolute atomic E-state index is 0.0628. The van der Waals surface area contributed by atoms with Gasteiger partial charge in [0.1, 0.15) is 6.61 Å². The number of anilines is 1. The lowest BCUT2D eigenvalue weighted by Gasteiger charge is -2.10. The molecule has 2 aromatic carbocycles. The fraction of sp³-hybridized carbons (Fsp3) is 0.217. The Morgan fingerprint density at radius 2 is 2.00 bits per heavy atom. The summed E-state index contributed by atoms with van der Waals surface area (Å²) < 4.78 is 20.4. The van der Waals surface area contributed by atoms with Gasteiger partial charge in [0, 0.05) is 10.9 Å². The number of benzene rings is 2. The number of ether oxygens (including phenoxy) is 1. The maximum Gasteiger partial charge on any atom is 0.239 e. The van der Waals surface area contributed by atoms with Crippen LogP contribution in [0, 0.1) is 5.82 Å². The highest BCUT2D eigenvalue weighted by Gasteiger charge is 2.21. The second-order valence-corrected chi connectivity index (χ2v) is 9.49. The number of aromatic nitrogens is 4. The van der Waals surface area contributed by atoms with Gasteiger partial charge >= 0.3 is 0 Å². The lowest BCUT2D eigenvalue weighted by molar-refractivity contribution is -0.115. The molecule has 0 aliphatic carbocycles. The van der Waals surface area contributed by atoms with Crippen molar-refractivity contribution in [1.82, 2.24) is 19.9 Å². The number of aryl methyl sites for hydroxylation is 1. The zero-order chi connectivity index (χ0) is 24.1. The molecule has 1 unspecified atom stereocenters. The number of amides is 1. The van der Waals surface area contributed by atoms with Gasteiger partial charge in [0.05, 0.1) is 10.9 Å². The number of para-hydroxylation sites is 1. The van der Waals surface area contributed by atoms with E-state index in [0.29, 0.717) is 16.1 Å². The van der Waals surface area contributed by atoms with Crippen molar-refractivity contribution in [2.24, 2.45) is 0 Å². The summed E-state index contributed by atoms with van der Waals surface area (Å²) in [7, 11) is 0. The van der Waals surface area contributed by atoms with Crippen molar-refractivity contribution >= 4 is 34.1 Å². The second kappa shape index (κ2) is 10.7. The number of nitrogen functional groups attached to an aromatic ring is 1. The van der Waals surface area contributed by atoms with Gasteiger partial charge < -0.3 is 15.9 Å². The van der Waals surface area contributed by atoms with Gasteiger partial charge in [-0.25, -0.2) is 14.1 Å². The van der Waals surface area contributed by atoms with Crippen LogP contribution in [0.1, 0.15) is 25.2 Å². The standard InChI is InChI=1S/C23H23FN6O2S2/c1-3-15-8-10-16(11-9-15)18-13-33-22(26-18)27-21(31)14(2)34-23-29-28-20(30(23)25)12-32-19-7-5-4-6-17(19)24/h4-11,13-14H,3,12,25H2,1-2H3,(H,26,27,31). The Morgan fingerprint density at radius 1 is 1.24 bits per heavy atom. The smallest absolute Gasteiger partial charge is 0.239 e. The van der Waals surface area contributed by atoms with Gasteiger partial charge in [-0.15, -0.1) is 21.5 Å². The number of carbonyl (C=O) groups excluding carboxylic acids is 1. The molecule has 2 aromatic heterocycles. The molecule has 4 aromatic rings. The van der Waals surface area contributed by atoms with Gasteiger partial charge in [-0.05, 0) is 31.0 Å². The number of nitrogens with two attached hydrogens (primary N) is 1. The van der Waals surface area contributed by atoms with Gasteiger partial charge in [0.2, 0.25) is 11.1 Å². The molecule has 0 saturated heterocycles. The molecular weight excluding hydrogens is 475 g/mol. The van der Waals surface area contributed by atoms with E-state index in [1.54, 1.807) is 19.1 Å². The minimum Gasteiger partial charge on any atom is -0.482 e. The molecule has 1 atom stereocenters. The molecule has 176 valence electrons. The average Bonchev–Trinajstić information content (AvgIpc) is 3.45. The summed E-state index contributed by atoms with van der Waals surface area (Å²) in [5, 5.41) is 13.1. The maximum absolute atomic E-state index is 13.7. The van der Waals surface area contributed by atoms with Crippen LogP contribution >= 0.6 is 23.1 Å². The van der Waals surface area contributed by atoms with Crippen LogP contribution in [0.3, 0.4) is 0 Å². The maximum atomic E-state index is 13.7. The Balaban J connectivity index is 1.34. The summed E-state index contributed by atoms with van der Waals surface area (Å²) >= 11 is 2.51. The van der Waals surface area contributed by atoms with Crippen molar-refractivity contribution in [2.75, 3.05) is 11.2 Å². The first-order valence-electron chi connectivity index (χ1n) is 10.5. The Labute approximate surface area is 204 Å². The van der Waals surface area contributed by atoms with Crippen molar-refractivity contribution in [3.8, 4) is 17.0 Å². The molecule has 0 bridgehead atoms. The number of thiazole rings is 1. The average molecular weight is 499 g/mol. The van der Waals surface area contributed by atoms with E-state index >= 15 is 0 Å². The molecule has 1 amide bonds. The monoisotopic (exact) mass is 498 g/mol. The molecule has 0 aliphatic heterocycles. The molecule has 0 fully saturated rings. The van der Waals surface area contributed by atoms with Crippen LogP contribution in [0.25, 0.3) is 11.3 Å². The first-order chi connectivity index (χ1) is 16.4. The van der Waals surface area contributed by atoms with E-state index in [-0.39, 0.29) is 18.3 Å². The molecular formula is C23H23FN6O2S2. The van der Waals surface area contributed by atoms with Gasteiger partial charge in [0.15, 0.2) is 22.5 Å². The van der Waals surface area contributed by atoms with Crippen LogP contribution in [-0.2, 0) is 17.8 Å². The summed E-state index contributed by atoms with van der Waals surface area (Å²) in [4.78, 5) is 17.2. The van der Waals surface area contributed by atoms with Gasteiger partial charge in [-0.3, -0.25) is 4.79 Å². The first-order valence-corrected chi connectivity index (χ1v) is 12.3. The fourth-order valence-corrected chi connectivity index (χ4v) is 4.50. The van der Waals surface area contributed by atoms with E-state index < -0.39 is 11.1 Å². The highest BCUT2D eigenvalue weighted by molar-refractivity contribution is 8.00. The van der Waals surface area contributed by atoms with Crippen LogP contribution in [0.4, 0.5) is 9.52 Å². The van der Waals surface area contributed by atoms with Crippen LogP contribution in [0.5, 0.6) is 5.75 Å². The zero-order valence-corrected chi connectivity index (χ0v) is 20.2. The summed E-state index contributed by atoms with van der Waals surface area (Å²) in [6, 6.07) is 14.3. The number of carbonyl (C=O) groups is 1. The summed E-state index contributed by atoms with van der Waals surface area (Å²) in [5.74, 6) is 5.73. The van der Waals surface area contributed by atoms with E-state index in [2.05, 4.69) is 39.6 Å². The van der Waals surface area contributed by atoms with Crippen LogP contribution in [-0.4, -0.2) is 31.0 Å². The molecule has 4 rings (SSSR count). The Kier molecular flexibility index (Phi) is 7.43. The van der Waals surface area contributed by atoms with Crippen LogP contribution < -0.4 is 15.9 Å². The third-order valence-electron chi connectivity index (χ3n) is 4.97. The van der Waals surface area contributed by atoms with Gasteiger partial charge in [-0.2, -0.15) is 0 Å². The number of hydrogen-bond donors (Lipinski definition) is 2. The van der Waals surface area contributed by atoms with E-state index in [0.717, 1.165) is 29.4 Å². The number of thioether (sulfide) groups is 1. The lowest BCUT2D eigenvalue weighted by Crippen LogP contribution is -2.24. The summed E-state index contributed by atoms with van der Waals surface area (Å²) in [6.45, 7) is 3.78. The Morgan fingerprint density at radius 3 is 2.74 bits per heavy atom. The molecule has 0 saturated carbocycles. The van der Waals surface area contributed by atoms with E-state index in [4.69, 9.17) is 10.6 Å². The van der Waals surface area contributed by atoms with Crippen molar-refractivity contribution in [2.45, 2.75) is 37.3 Å². The summed E-state index contributed by atoms with van der Waals surface area (Å²) in [5.41, 5.74) is 3.07. The number of hydrogen-bond acceptors (Lipinski definition) is 8. The Hall–Kier alpha value is -3.44. The molecule has 3 N–H and O–H groups in total. The van der Waals surface area contributed by atoms with Crippen molar-refractivity contribution in [3.05, 3.63) is 71.1 Å². The molecule has 2 heterocycles. The topological polar surface area (TPSA) is 108 Å². The molecule has 11 heteroatoms. The van der Waals surface area contributed by atoms with Gasteiger partial charge in [-0.1, -0.05) is 55.1 Å². The molecule has 8 nitrogen and oxygen atoms in total. The molecule has 0 radical (unpaired) electrons. The highest BCUT2D eigenvalue weighted by Crippen LogP contribution is 2.27. The van der Waals surface area contributed by atoms with E-state index in [1.807, 2.05) is 17.5 Å². The molecule has 34 heavy (non-hydrogen) atoms. The van der Waals surface area contributed by atoms with Crippen molar-refractivity contribution in [3.63, 3.8) is 0 Å². The largest absolute Gasteiger partial charge is 0.482 e. The fourth-order valence-electron chi connectivity index (χ4n) is 2.98. The first kappa shape index (κ1) is 23.7. The SMILES string of the molecule is CCc1ccc(-c2csc(NC(=O)C(C)Sc3nnc(COc4ccccc4F)n3N)n2)cc1.